The number of halogens is 1. The lowest BCUT2D eigenvalue weighted by Gasteiger charge is -2.32. The van der Waals surface area contributed by atoms with E-state index in [-0.39, 0.29) is 12.5 Å². The molecule has 1 unspecified atom stereocenters. The Kier molecular flexibility index (Phi) is 8.08. The molecule has 2 rings (SSSR count). The number of sulfonamides is 1. The highest BCUT2D eigenvalue weighted by molar-refractivity contribution is 7.92. The minimum absolute atomic E-state index is 0.109. The smallest absolute Gasteiger partial charge is 0.244 e. The molecule has 0 heterocycles. The number of likely N-dealkylation sites (N-methyl/N-ethyl adjacent to an activating group) is 1. The quantitative estimate of drug-likeness (QED) is 0.649. The second-order valence-corrected chi connectivity index (χ2v) is 9.80. The Bertz CT molecular complexity index is 1050. The van der Waals surface area contributed by atoms with Gasteiger partial charge in [0.2, 0.25) is 21.8 Å². The number of nitrogens with one attached hydrogen (secondary N) is 1. The van der Waals surface area contributed by atoms with Crippen LogP contribution in [-0.2, 0) is 26.2 Å². The fourth-order valence-electron chi connectivity index (χ4n) is 3.40. The van der Waals surface area contributed by atoms with E-state index in [1.54, 1.807) is 57.2 Å². The molecule has 0 aliphatic heterocycles. The van der Waals surface area contributed by atoms with Crippen molar-refractivity contribution < 1.29 is 18.0 Å². The molecule has 0 aliphatic carbocycles. The Balaban J connectivity index is 2.45. The van der Waals surface area contributed by atoms with Crippen LogP contribution in [0.4, 0.5) is 5.69 Å². The van der Waals surface area contributed by atoms with E-state index in [0.29, 0.717) is 10.7 Å². The number of nitrogens with zero attached hydrogens (tertiary/aromatic N) is 2. The largest absolute Gasteiger partial charge is 0.357 e. The van der Waals surface area contributed by atoms with Gasteiger partial charge in [0.15, 0.2) is 0 Å². The first kappa shape index (κ1) is 24.7. The molecule has 0 spiro atoms. The third-order valence-electron chi connectivity index (χ3n) is 5.02. The van der Waals surface area contributed by atoms with Crippen LogP contribution in [0, 0.1) is 13.8 Å². The van der Waals surface area contributed by atoms with Gasteiger partial charge in [0.25, 0.3) is 0 Å². The molecule has 7 nitrogen and oxygen atoms in total. The van der Waals surface area contributed by atoms with Crippen molar-refractivity contribution in [3.63, 3.8) is 0 Å². The summed E-state index contributed by atoms with van der Waals surface area (Å²) in [7, 11) is -2.27. The topological polar surface area (TPSA) is 86.8 Å². The zero-order valence-electron chi connectivity index (χ0n) is 18.3. The van der Waals surface area contributed by atoms with Crippen molar-refractivity contribution in [2.45, 2.75) is 33.4 Å². The zero-order chi connectivity index (χ0) is 23.3. The van der Waals surface area contributed by atoms with E-state index in [1.165, 1.54) is 11.9 Å². The highest BCUT2D eigenvalue weighted by Gasteiger charge is 2.30. The number of hydrogen-bond acceptors (Lipinski definition) is 4. The molecular weight excluding hydrogens is 438 g/mol. The first-order valence-electron chi connectivity index (χ1n) is 9.75. The lowest BCUT2D eigenvalue weighted by atomic mass is 10.1. The molecule has 0 aromatic heterocycles. The Morgan fingerprint density at radius 2 is 1.68 bits per heavy atom. The molecule has 1 N–H and O–H groups in total. The number of hydrogen-bond donors (Lipinski definition) is 1. The van der Waals surface area contributed by atoms with Crippen molar-refractivity contribution in [2.24, 2.45) is 0 Å². The van der Waals surface area contributed by atoms with Gasteiger partial charge in [0.05, 0.1) is 11.9 Å². The van der Waals surface area contributed by atoms with Crippen molar-refractivity contribution in [1.29, 1.82) is 0 Å². The van der Waals surface area contributed by atoms with Crippen LogP contribution < -0.4 is 9.62 Å². The number of carbonyl (C=O) groups is 2. The van der Waals surface area contributed by atoms with Crippen LogP contribution in [0.3, 0.4) is 0 Å². The molecule has 0 aliphatic rings. The molecule has 168 valence electrons. The first-order valence-corrected chi connectivity index (χ1v) is 12.0. The predicted molar refractivity (Wildman–Crippen MR) is 124 cm³/mol. The summed E-state index contributed by atoms with van der Waals surface area (Å²) in [6.07, 6.45) is 1.07. The minimum Gasteiger partial charge on any atom is -0.357 e. The van der Waals surface area contributed by atoms with Gasteiger partial charge in [-0.2, -0.15) is 0 Å². The van der Waals surface area contributed by atoms with Gasteiger partial charge in [0.1, 0.15) is 12.6 Å². The van der Waals surface area contributed by atoms with E-state index in [4.69, 9.17) is 11.6 Å². The van der Waals surface area contributed by atoms with Gasteiger partial charge in [-0.05, 0) is 49.6 Å². The molecule has 2 amide bonds. The fraction of sp³-hybridized carbons (Fsp3) is 0.364. The van der Waals surface area contributed by atoms with E-state index < -0.39 is 28.5 Å². The fourth-order valence-corrected chi connectivity index (χ4v) is 4.58. The van der Waals surface area contributed by atoms with Crippen LogP contribution >= 0.6 is 11.6 Å². The van der Waals surface area contributed by atoms with E-state index in [2.05, 4.69) is 5.32 Å². The average Bonchev–Trinajstić information content (AvgIpc) is 2.69. The summed E-state index contributed by atoms with van der Waals surface area (Å²) in [5.74, 6) is -0.850. The molecule has 0 saturated heterocycles. The molecule has 1 atom stereocenters. The number of benzene rings is 2. The van der Waals surface area contributed by atoms with Gasteiger partial charge in [-0.1, -0.05) is 41.9 Å². The van der Waals surface area contributed by atoms with Gasteiger partial charge in [0, 0.05) is 18.6 Å². The van der Waals surface area contributed by atoms with Crippen molar-refractivity contribution in [1.82, 2.24) is 10.2 Å². The summed E-state index contributed by atoms with van der Waals surface area (Å²) < 4.78 is 26.3. The number of carbonyl (C=O) groups excluding carboxylic acids is 2. The van der Waals surface area contributed by atoms with Crippen molar-refractivity contribution in [3.8, 4) is 0 Å². The van der Waals surface area contributed by atoms with E-state index in [1.807, 2.05) is 6.07 Å². The van der Waals surface area contributed by atoms with Gasteiger partial charge in [-0.15, -0.1) is 0 Å². The molecule has 0 saturated carbocycles. The van der Waals surface area contributed by atoms with Crippen molar-refractivity contribution in [2.75, 3.05) is 24.2 Å². The van der Waals surface area contributed by atoms with Crippen LogP contribution in [0.25, 0.3) is 0 Å². The average molecular weight is 466 g/mol. The maximum Gasteiger partial charge on any atom is 0.244 e. The summed E-state index contributed by atoms with van der Waals surface area (Å²) in [4.78, 5) is 27.0. The Morgan fingerprint density at radius 3 is 2.19 bits per heavy atom. The molecule has 2 aromatic carbocycles. The van der Waals surface area contributed by atoms with E-state index >= 15 is 0 Å². The number of para-hydroxylation sites is 1. The summed E-state index contributed by atoms with van der Waals surface area (Å²) in [5.41, 5.74) is 2.67. The molecule has 2 aromatic rings. The lowest BCUT2D eigenvalue weighted by molar-refractivity contribution is -0.139. The van der Waals surface area contributed by atoms with Crippen LogP contribution in [-0.4, -0.2) is 51.0 Å². The molecule has 0 bridgehead atoms. The van der Waals surface area contributed by atoms with Crippen LogP contribution in [0.5, 0.6) is 0 Å². The number of anilines is 1. The van der Waals surface area contributed by atoms with Gasteiger partial charge in [-0.3, -0.25) is 13.9 Å². The second-order valence-electron chi connectivity index (χ2n) is 7.45. The monoisotopic (exact) mass is 465 g/mol. The van der Waals surface area contributed by atoms with Gasteiger partial charge in [-0.25, -0.2) is 8.42 Å². The molecule has 31 heavy (non-hydrogen) atoms. The first-order chi connectivity index (χ1) is 14.5. The summed E-state index contributed by atoms with van der Waals surface area (Å²) in [5, 5.41) is 3.05. The number of aryl methyl sites for hydroxylation is 2. The summed E-state index contributed by atoms with van der Waals surface area (Å²) in [6.45, 7) is 4.87. The Hall–Kier alpha value is -2.58. The highest BCUT2D eigenvalue weighted by Crippen LogP contribution is 2.27. The Morgan fingerprint density at radius 1 is 1.10 bits per heavy atom. The minimum atomic E-state index is -3.76. The number of amides is 2. The highest BCUT2D eigenvalue weighted by atomic mass is 35.5. The third-order valence-corrected chi connectivity index (χ3v) is 6.37. The Labute approximate surface area is 189 Å². The summed E-state index contributed by atoms with van der Waals surface area (Å²) >= 11 is 6.07. The van der Waals surface area contributed by atoms with Crippen molar-refractivity contribution >= 4 is 39.1 Å². The second kappa shape index (κ2) is 10.2. The van der Waals surface area contributed by atoms with Crippen LogP contribution in [0.15, 0.2) is 42.5 Å². The SMILES string of the molecule is CNC(=O)C(C)N(Cc1cccc(Cl)c1)C(=O)CN(c1c(C)cccc1C)S(C)(=O)=O. The summed E-state index contributed by atoms with van der Waals surface area (Å²) in [6, 6.07) is 11.6. The number of rotatable bonds is 8. The van der Waals surface area contributed by atoms with E-state index in [9.17, 15) is 18.0 Å². The maximum atomic E-state index is 13.4. The zero-order valence-corrected chi connectivity index (χ0v) is 19.9. The standard InChI is InChI=1S/C22H28ClN3O4S/c1-15-8-6-9-16(2)21(15)26(31(5,29)30)14-20(27)25(17(3)22(28)24-4)13-18-10-7-11-19(23)12-18/h6-12,17H,13-14H2,1-5H3,(H,24,28). The molecule has 0 fully saturated rings. The maximum absolute atomic E-state index is 13.4. The third kappa shape index (κ3) is 6.21. The van der Waals surface area contributed by atoms with Gasteiger partial charge >= 0.3 is 0 Å². The van der Waals surface area contributed by atoms with E-state index in [0.717, 1.165) is 27.3 Å². The molecule has 0 radical (unpaired) electrons. The van der Waals surface area contributed by atoms with Crippen LogP contribution in [0.2, 0.25) is 5.02 Å². The van der Waals surface area contributed by atoms with Crippen LogP contribution in [0.1, 0.15) is 23.6 Å². The molecule has 9 heteroatoms. The normalized spacial score (nSPS) is 12.2. The predicted octanol–water partition coefficient (Wildman–Crippen LogP) is 2.89. The van der Waals surface area contributed by atoms with Crippen molar-refractivity contribution in [3.05, 3.63) is 64.2 Å². The molecular formula is C22H28ClN3O4S. The van der Waals surface area contributed by atoms with Gasteiger partial charge < -0.3 is 10.2 Å². The lowest BCUT2D eigenvalue weighted by Crippen LogP contribution is -2.50.